The van der Waals surface area contributed by atoms with Gasteiger partial charge in [0, 0.05) is 44.6 Å². The Kier molecular flexibility index (Phi) is 4.77. The fraction of sp³-hybridized carbons (Fsp3) is 0.389. The zero-order valence-corrected chi connectivity index (χ0v) is 14.3. The van der Waals surface area contributed by atoms with Gasteiger partial charge in [0.05, 0.1) is 0 Å². The van der Waals surface area contributed by atoms with Crippen LogP contribution in [-0.2, 0) is 4.79 Å². The number of benzene rings is 1. The second kappa shape index (κ2) is 7.35. The minimum absolute atomic E-state index is 0.00329. The lowest BCUT2D eigenvalue weighted by Crippen LogP contribution is -2.54. The van der Waals surface area contributed by atoms with E-state index in [1.807, 2.05) is 4.90 Å². The standard InChI is InChI=1S/C18H21FN6O/c19-14-4-2-13(3-5-14)15-12-16(23-22-15)17(26)24-8-10-25(11-9-24)18-20-6-1-7-21-18/h1-7,15-16,22-23H,8-12H2. The predicted molar refractivity (Wildman–Crippen MR) is 94.6 cm³/mol. The third kappa shape index (κ3) is 3.51. The second-order valence-electron chi connectivity index (χ2n) is 6.54. The maximum atomic E-state index is 13.1. The lowest BCUT2D eigenvalue weighted by molar-refractivity contribution is -0.133. The van der Waals surface area contributed by atoms with Gasteiger partial charge in [0.2, 0.25) is 11.9 Å². The van der Waals surface area contributed by atoms with E-state index in [4.69, 9.17) is 0 Å². The molecule has 3 heterocycles. The Bertz CT molecular complexity index is 748. The van der Waals surface area contributed by atoms with Crippen molar-refractivity contribution in [1.29, 1.82) is 0 Å². The normalized spacial score (nSPS) is 23.3. The molecule has 2 aromatic rings. The van der Waals surface area contributed by atoms with Gasteiger partial charge in [-0.3, -0.25) is 4.79 Å². The van der Waals surface area contributed by atoms with Crippen molar-refractivity contribution in [3.63, 3.8) is 0 Å². The van der Waals surface area contributed by atoms with Gasteiger partial charge in [0.15, 0.2) is 0 Å². The number of halogens is 1. The van der Waals surface area contributed by atoms with Gasteiger partial charge in [0.25, 0.3) is 0 Å². The van der Waals surface area contributed by atoms with E-state index >= 15 is 0 Å². The summed E-state index contributed by atoms with van der Waals surface area (Å²) in [5, 5.41) is 0. The highest BCUT2D eigenvalue weighted by molar-refractivity contribution is 5.82. The van der Waals surface area contributed by atoms with Crippen LogP contribution in [0, 0.1) is 5.82 Å². The highest BCUT2D eigenvalue weighted by Gasteiger charge is 2.34. The number of amides is 1. The Labute approximate surface area is 151 Å². The first-order chi connectivity index (χ1) is 12.7. The number of nitrogens with zero attached hydrogens (tertiary/aromatic N) is 4. The SMILES string of the molecule is O=C(C1CC(c2ccc(F)cc2)NN1)N1CCN(c2ncccn2)CC1. The fourth-order valence-corrected chi connectivity index (χ4v) is 3.43. The summed E-state index contributed by atoms with van der Waals surface area (Å²) in [4.78, 5) is 25.3. The molecule has 0 radical (unpaired) electrons. The maximum Gasteiger partial charge on any atom is 0.241 e. The number of piperazine rings is 1. The van der Waals surface area contributed by atoms with Gasteiger partial charge >= 0.3 is 0 Å². The van der Waals surface area contributed by atoms with E-state index in [9.17, 15) is 9.18 Å². The van der Waals surface area contributed by atoms with Crippen LogP contribution in [0.4, 0.5) is 10.3 Å². The molecule has 7 nitrogen and oxygen atoms in total. The highest BCUT2D eigenvalue weighted by atomic mass is 19.1. The second-order valence-corrected chi connectivity index (χ2v) is 6.54. The number of hydrazine groups is 1. The number of rotatable bonds is 3. The van der Waals surface area contributed by atoms with Crippen LogP contribution in [0.15, 0.2) is 42.7 Å². The van der Waals surface area contributed by atoms with Gasteiger partial charge in [-0.15, -0.1) is 0 Å². The fourth-order valence-electron chi connectivity index (χ4n) is 3.43. The molecule has 0 spiro atoms. The van der Waals surface area contributed by atoms with Crippen molar-refractivity contribution >= 4 is 11.9 Å². The number of carbonyl (C=O) groups excluding carboxylic acids is 1. The van der Waals surface area contributed by atoms with Crippen LogP contribution in [0.3, 0.4) is 0 Å². The molecule has 1 aromatic heterocycles. The number of hydrogen-bond acceptors (Lipinski definition) is 6. The molecule has 2 unspecified atom stereocenters. The summed E-state index contributed by atoms with van der Waals surface area (Å²) in [7, 11) is 0. The van der Waals surface area contributed by atoms with Crippen LogP contribution in [0.2, 0.25) is 0 Å². The smallest absolute Gasteiger partial charge is 0.241 e. The Morgan fingerprint density at radius 1 is 1.04 bits per heavy atom. The number of nitrogens with one attached hydrogen (secondary N) is 2. The van der Waals surface area contributed by atoms with Crippen molar-refractivity contribution < 1.29 is 9.18 Å². The van der Waals surface area contributed by atoms with E-state index in [0.717, 1.165) is 18.7 Å². The number of carbonyl (C=O) groups is 1. The zero-order valence-electron chi connectivity index (χ0n) is 14.3. The molecule has 8 heteroatoms. The molecule has 2 saturated heterocycles. The van der Waals surface area contributed by atoms with Crippen LogP contribution in [0.25, 0.3) is 0 Å². The summed E-state index contributed by atoms with van der Waals surface area (Å²) in [6.07, 6.45) is 4.10. The van der Waals surface area contributed by atoms with Gasteiger partial charge < -0.3 is 9.80 Å². The van der Waals surface area contributed by atoms with Gasteiger partial charge in [0.1, 0.15) is 11.9 Å². The van der Waals surface area contributed by atoms with Crippen LogP contribution in [0.1, 0.15) is 18.0 Å². The summed E-state index contributed by atoms with van der Waals surface area (Å²) in [5.74, 6) is 0.542. The molecule has 2 fully saturated rings. The molecular weight excluding hydrogens is 335 g/mol. The molecule has 2 N–H and O–H groups in total. The molecule has 2 aliphatic heterocycles. The Morgan fingerprint density at radius 3 is 2.42 bits per heavy atom. The van der Waals surface area contributed by atoms with Gasteiger partial charge in [-0.1, -0.05) is 12.1 Å². The van der Waals surface area contributed by atoms with Crippen LogP contribution in [0.5, 0.6) is 0 Å². The molecule has 4 rings (SSSR count). The molecule has 2 atom stereocenters. The first-order valence-electron chi connectivity index (χ1n) is 8.78. The molecule has 26 heavy (non-hydrogen) atoms. The molecule has 1 amide bonds. The monoisotopic (exact) mass is 356 g/mol. The largest absolute Gasteiger partial charge is 0.338 e. The van der Waals surface area contributed by atoms with Gasteiger partial charge in [-0.25, -0.2) is 25.2 Å². The first kappa shape index (κ1) is 16.9. The van der Waals surface area contributed by atoms with E-state index < -0.39 is 0 Å². The Hall–Kier alpha value is -2.58. The molecule has 0 saturated carbocycles. The van der Waals surface area contributed by atoms with E-state index in [1.165, 1.54) is 12.1 Å². The van der Waals surface area contributed by atoms with Crippen molar-refractivity contribution in [2.75, 3.05) is 31.1 Å². The number of aromatic nitrogens is 2. The van der Waals surface area contributed by atoms with Crippen LogP contribution < -0.4 is 15.8 Å². The third-order valence-corrected chi connectivity index (χ3v) is 4.90. The average Bonchev–Trinajstić information content (AvgIpc) is 3.19. The topological polar surface area (TPSA) is 73.4 Å². The van der Waals surface area contributed by atoms with Crippen molar-refractivity contribution in [2.24, 2.45) is 0 Å². The summed E-state index contributed by atoms with van der Waals surface area (Å²) in [5.41, 5.74) is 7.21. The van der Waals surface area contributed by atoms with E-state index in [-0.39, 0.29) is 23.8 Å². The Balaban J connectivity index is 1.32. The minimum atomic E-state index is -0.274. The molecule has 0 bridgehead atoms. The Morgan fingerprint density at radius 2 is 1.73 bits per heavy atom. The van der Waals surface area contributed by atoms with Crippen molar-refractivity contribution in [3.05, 3.63) is 54.1 Å². The third-order valence-electron chi connectivity index (χ3n) is 4.90. The number of anilines is 1. The summed E-state index contributed by atoms with van der Waals surface area (Å²) in [6, 6.07) is 7.90. The van der Waals surface area contributed by atoms with Crippen molar-refractivity contribution in [1.82, 2.24) is 25.7 Å². The van der Waals surface area contributed by atoms with Gasteiger partial charge in [-0.2, -0.15) is 0 Å². The summed E-state index contributed by atoms with van der Waals surface area (Å²) < 4.78 is 13.1. The molecule has 2 aliphatic rings. The predicted octanol–water partition coefficient (Wildman–Crippen LogP) is 0.872. The van der Waals surface area contributed by atoms with Crippen molar-refractivity contribution in [2.45, 2.75) is 18.5 Å². The molecule has 1 aromatic carbocycles. The molecule has 136 valence electrons. The number of hydrogen-bond donors (Lipinski definition) is 2. The lowest BCUT2D eigenvalue weighted by atomic mass is 10.0. The first-order valence-corrected chi connectivity index (χ1v) is 8.78. The minimum Gasteiger partial charge on any atom is -0.338 e. The quantitative estimate of drug-likeness (QED) is 0.850. The van der Waals surface area contributed by atoms with Crippen molar-refractivity contribution in [3.8, 4) is 0 Å². The maximum absolute atomic E-state index is 13.1. The lowest BCUT2D eigenvalue weighted by Gasteiger charge is -2.35. The average molecular weight is 356 g/mol. The highest BCUT2D eigenvalue weighted by Crippen LogP contribution is 2.23. The summed E-state index contributed by atoms with van der Waals surface area (Å²) >= 11 is 0. The zero-order chi connectivity index (χ0) is 17.9. The van der Waals surface area contributed by atoms with Crippen LogP contribution in [-0.4, -0.2) is 53.0 Å². The van der Waals surface area contributed by atoms with Crippen LogP contribution >= 0.6 is 0 Å². The molecule has 0 aliphatic carbocycles. The summed E-state index contributed by atoms with van der Waals surface area (Å²) in [6.45, 7) is 2.74. The van der Waals surface area contributed by atoms with E-state index in [2.05, 4.69) is 25.7 Å². The van der Waals surface area contributed by atoms with E-state index in [1.54, 1.807) is 30.6 Å². The van der Waals surface area contributed by atoms with E-state index in [0.29, 0.717) is 25.5 Å². The van der Waals surface area contributed by atoms with Gasteiger partial charge in [-0.05, 0) is 30.2 Å². The molecular formula is C18H21FN6O.